The van der Waals surface area contributed by atoms with E-state index in [0.717, 1.165) is 25.1 Å². The SMILES string of the molecule is CC(C)CN(Cc1ccccc1)C[C@@H](O)[C@H](Cc1ccccc1)NC(=O)O[C@H]1CO[C@H]2OCCC21. The number of benzene rings is 2. The highest BCUT2D eigenvalue weighted by molar-refractivity contribution is 5.68. The number of aliphatic hydroxyl groups excluding tert-OH is 1. The van der Waals surface area contributed by atoms with Crippen molar-refractivity contribution in [3.05, 3.63) is 71.8 Å². The van der Waals surface area contributed by atoms with Gasteiger partial charge in [0, 0.05) is 19.6 Å². The largest absolute Gasteiger partial charge is 0.443 e. The predicted molar refractivity (Wildman–Crippen MR) is 134 cm³/mol. The highest BCUT2D eigenvalue weighted by Gasteiger charge is 2.44. The first-order chi connectivity index (χ1) is 17.0. The van der Waals surface area contributed by atoms with Crippen LogP contribution in [0.3, 0.4) is 0 Å². The van der Waals surface area contributed by atoms with Crippen LogP contribution in [0.5, 0.6) is 0 Å². The summed E-state index contributed by atoms with van der Waals surface area (Å²) in [7, 11) is 0. The van der Waals surface area contributed by atoms with Crippen LogP contribution in [0.1, 0.15) is 31.4 Å². The molecule has 190 valence electrons. The Morgan fingerprint density at radius 2 is 1.74 bits per heavy atom. The molecule has 2 aromatic rings. The van der Waals surface area contributed by atoms with E-state index in [0.29, 0.717) is 32.1 Å². The van der Waals surface area contributed by atoms with Gasteiger partial charge in [0.15, 0.2) is 6.29 Å². The predicted octanol–water partition coefficient (Wildman–Crippen LogP) is 3.60. The van der Waals surface area contributed by atoms with Crippen molar-refractivity contribution >= 4 is 6.09 Å². The highest BCUT2D eigenvalue weighted by atomic mass is 16.7. The molecular weight excluding hydrogens is 444 g/mol. The van der Waals surface area contributed by atoms with Crippen LogP contribution >= 0.6 is 0 Å². The van der Waals surface area contributed by atoms with Crippen molar-refractivity contribution in [3.8, 4) is 0 Å². The minimum atomic E-state index is -0.771. The summed E-state index contributed by atoms with van der Waals surface area (Å²) in [6.07, 6.45) is -0.567. The third kappa shape index (κ3) is 7.51. The molecule has 2 aliphatic heterocycles. The average molecular weight is 483 g/mol. The lowest BCUT2D eigenvalue weighted by Crippen LogP contribution is -2.50. The Morgan fingerprint density at radius 3 is 2.43 bits per heavy atom. The van der Waals surface area contributed by atoms with Crippen molar-refractivity contribution in [1.29, 1.82) is 0 Å². The van der Waals surface area contributed by atoms with Gasteiger partial charge in [-0.3, -0.25) is 4.90 Å². The molecule has 2 aromatic carbocycles. The number of aliphatic hydroxyl groups is 1. The molecular formula is C28H38N2O5. The lowest BCUT2D eigenvalue weighted by atomic mass is 10.00. The second kappa shape index (κ2) is 12.5. The number of hydrogen-bond donors (Lipinski definition) is 2. The number of ether oxygens (including phenoxy) is 3. The zero-order valence-corrected chi connectivity index (χ0v) is 20.7. The number of rotatable bonds is 11. The van der Waals surface area contributed by atoms with E-state index in [1.807, 2.05) is 48.5 Å². The first-order valence-electron chi connectivity index (χ1n) is 12.7. The standard InChI is InChI=1S/C28H38N2O5/c1-20(2)16-30(17-22-11-7-4-8-12-22)18-25(31)24(15-21-9-5-3-6-10-21)29-28(32)35-26-19-34-27-23(26)13-14-33-27/h3-12,20,23-27,31H,13-19H2,1-2H3,(H,29,32)/t23?,24-,25+,26-,27+/m0/s1. The molecule has 0 aliphatic carbocycles. The summed E-state index contributed by atoms with van der Waals surface area (Å²) in [5.74, 6) is 0.519. The summed E-state index contributed by atoms with van der Waals surface area (Å²) in [6, 6.07) is 19.7. The Morgan fingerprint density at radius 1 is 1.06 bits per heavy atom. The average Bonchev–Trinajstić information content (AvgIpc) is 3.45. The van der Waals surface area contributed by atoms with Crippen LogP contribution in [0.2, 0.25) is 0 Å². The molecule has 0 radical (unpaired) electrons. The second-order valence-electron chi connectivity index (χ2n) is 10.1. The van der Waals surface area contributed by atoms with Crippen LogP contribution in [0.4, 0.5) is 4.79 Å². The van der Waals surface area contributed by atoms with Crippen molar-refractivity contribution < 1.29 is 24.1 Å². The molecule has 4 rings (SSSR count). The van der Waals surface area contributed by atoms with E-state index in [1.54, 1.807) is 0 Å². The molecule has 2 heterocycles. The van der Waals surface area contributed by atoms with E-state index >= 15 is 0 Å². The molecule has 2 fully saturated rings. The smallest absolute Gasteiger partial charge is 0.407 e. The number of alkyl carbamates (subject to hydrolysis) is 1. The van der Waals surface area contributed by atoms with Crippen molar-refractivity contribution in [2.75, 3.05) is 26.3 Å². The molecule has 7 heteroatoms. The Bertz CT molecular complexity index is 910. The number of carbonyl (C=O) groups is 1. The van der Waals surface area contributed by atoms with Gasteiger partial charge in [-0.25, -0.2) is 4.79 Å². The highest BCUT2D eigenvalue weighted by Crippen LogP contribution is 2.33. The van der Waals surface area contributed by atoms with Gasteiger partial charge in [-0.05, 0) is 29.9 Å². The molecule has 0 aromatic heterocycles. The molecule has 5 atom stereocenters. The fraction of sp³-hybridized carbons (Fsp3) is 0.536. The van der Waals surface area contributed by atoms with Gasteiger partial charge in [0.2, 0.25) is 0 Å². The van der Waals surface area contributed by atoms with Gasteiger partial charge in [-0.15, -0.1) is 0 Å². The van der Waals surface area contributed by atoms with Crippen LogP contribution in [-0.4, -0.2) is 66.9 Å². The summed E-state index contributed by atoms with van der Waals surface area (Å²) in [5, 5.41) is 14.3. The maximum absolute atomic E-state index is 12.9. The van der Waals surface area contributed by atoms with Crippen molar-refractivity contribution in [2.45, 2.75) is 57.8 Å². The maximum Gasteiger partial charge on any atom is 0.407 e. The van der Waals surface area contributed by atoms with E-state index in [4.69, 9.17) is 14.2 Å². The van der Waals surface area contributed by atoms with Crippen LogP contribution in [-0.2, 0) is 27.2 Å². The zero-order valence-electron chi connectivity index (χ0n) is 20.7. The van der Waals surface area contributed by atoms with E-state index in [9.17, 15) is 9.90 Å². The summed E-state index contributed by atoms with van der Waals surface area (Å²) >= 11 is 0. The molecule has 35 heavy (non-hydrogen) atoms. The van der Waals surface area contributed by atoms with Crippen molar-refractivity contribution in [2.24, 2.45) is 11.8 Å². The van der Waals surface area contributed by atoms with Crippen LogP contribution in [0.15, 0.2) is 60.7 Å². The first kappa shape index (κ1) is 25.6. The minimum absolute atomic E-state index is 0.0747. The fourth-order valence-electron chi connectivity index (χ4n) is 4.98. The normalized spacial score (nSPS) is 23.3. The molecule has 0 saturated carbocycles. The van der Waals surface area contributed by atoms with E-state index in [2.05, 4.69) is 36.2 Å². The lowest BCUT2D eigenvalue weighted by molar-refractivity contribution is -0.0907. The van der Waals surface area contributed by atoms with E-state index in [-0.39, 0.29) is 18.3 Å². The number of fused-ring (bicyclic) bond motifs is 1. The monoisotopic (exact) mass is 482 g/mol. The summed E-state index contributed by atoms with van der Waals surface area (Å²) in [6.45, 7) is 7.33. The molecule has 0 spiro atoms. The van der Waals surface area contributed by atoms with E-state index < -0.39 is 18.2 Å². The zero-order chi connectivity index (χ0) is 24.6. The maximum atomic E-state index is 12.9. The number of nitrogens with zero attached hydrogens (tertiary/aromatic N) is 1. The molecule has 2 N–H and O–H groups in total. The summed E-state index contributed by atoms with van der Waals surface area (Å²) in [5.41, 5.74) is 2.24. The van der Waals surface area contributed by atoms with Crippen LogP contribution in [0, 0.1) is 11.8 Å². The number of amides is 1. The molecule has 1 amide bonds. The Balaban J connectivity index is 1.42. The third-order valence-electron chi connectivity index (χ3n) is 6.63. The lowest BCUT2D eigenvalue weighted by Gasteiger charge is -2.31. The van der Waals surface area contributed by atoms with E-state index in [1.165, 1.54) is 5.56 Å². The number of nitrogens with one attached hydrogen (secondary N) is 1. The van der Waals surface area contributed by atoms with Gasteiger partial charge < -0.3 is 24.6 Å². The Labute approximate surface area is 208 Å². The van der Waals surface area contributed by atoms with Crippen LogP contribution in [0.25, 0.3) is 0 Å². The molecule has 2 saturated heterocycles. The number of hydrogen-bond acceptors (Lipinski definition) is 6. The molecule has 7 nitrogen and oxygen atoms in total. The molecule has 0 bridgehead atoms. The van der Waals surface area contributed by atoms with Gasteiger partial charge in [0.1, 0.15) is 6.10 Å². The summed E-state index contributed by atoms with van der Waals surface area (Å²) < 4.78 is 16.9. The van der Waals surface area contributed by atoms with Crippen molar-refractivity contribution in [3.63, 3.8) is 0 Å². The quantitative estimate of drug-likeness (QED) is 0.509. The third-order valence-corrected chi connectivity index (χ3v) is 6.63. The fourth-order valence-corrected chi connectivity index (χ4v) is 4.98. The molecule has 2 aliphatic rings. The first-order valence-corrected chi connectivity index (χ1v) is 12.7. The topological polar surface area (TPSA) is 80.3 Å². The Kier molecular flexibility index (Phi) is 9.15. The van der Waals surface area contributed by atoms with Gasteiger partial charge in [-0.2, -0.15) is 0 Å². The minimum Gasteiger partial charge on any atom is -0.443 e. The summed E-state index contributed by atoms with van der Waals surface area (Å²) in [4.78, 5) is 15.1. The second-order valence-corrected chi connectivity index (χ2v) is 10.1. The van der Waals surface area contributed by atoms with Gasteiger partial charge in [0.05, 0.1) is 31.3 Å². The number of carbonyl (C=O) groups excluding carboxylic acids is 1. The van der Waals surface area contributed by atoms with Crippen molar-refractivity contribution in [1.82, 2.24) is 10.2 Å². The van der Waals surface area contributed by atoms with Gasteiger partial charge in [-0.1, -0.05) is 74.5 Å². The van der Waals surface area contributed by atoms with Gasteiger partial charge >= 0.3 is 6.09 Å². The van der Waals surface area contributed by atoms with Crippen LogP contribution < -0.4 is 5.32 Å². The molecule has 1 unspecified atom stereocenters. The Hall–Kier alpha value is -2.45. The van der Waals surface area contributed by atoms with Gasteiger partial charge in [0.25, 0.3) is 0 Å².